The van der Waals surface area contributed by atoms with E-state index in [2.05, 4.69) is 17.0 Å². The molecule has 29 heavy (non-hydrogen) atoms. The average molecular weight is 396 g/mol. The summed E-state index contributed by atoms with van der Waals surface area (Å²) in [6, 6.07) is 18.2. The van der Waals surface area contributed by atoms with E-state index in [4.69, 9.17) is 4.74 Å². The van der Waals surface area contributed by atoms with Gasteiger partial charge in [-0.1, -0.05) is 42.5 Å². The Balaban J connectivity index is 1.46. The SMILES string of the molecule is COc1ccc(CCCN2CCN(C(=O)C(c3ccccc3)N(C)C)CC2)cc1. The highest BCUT2D eigenvalue weighted by Gasteiger charge is 2.29. The zero-order chi connectivity index (χ0) is 20.6. The van der Waals surface area contributed by atoms with Gasteiger partial charge in [0, 0.05) is 26.2 Å². The van der Waals surface area contributed by atoms with E-state index in [9.17, 15) is 4.79 Å². The normalized spacial score (nSPS) is 16.1. The molecule has 1 fully saturated rings. The molecular formula is C24H33N3O2. The smallest absolute Gasteiger partial charge is 0.244 e. The summed E-state index contributed by atoms with van der Waals surface area (Å²) < 4.78 is 5.21. The van der Waals surface area contributed by atoms with Crippen LogP contribution in [0.5, 0.6) is 5.75 Å². The summed E-state index contributed by atoms with van der Waals surface area (Å²) in [6.07, 6.45) is 2.20. The number of rotatable bonds is 8. The fourth-order valence-corrected chi connectivity index (χ4v) is 3.96. The highest BCUT2D eigenvalue weighted by atomic mass is 16.5. The van der Waals surface area contributed by atoms with Crippen LogP contribution in [0, 0.1) is 0 Å². The molecule has 0 radical (unpaired) electrons. The number of nitrogens with zero attached hydrogens (tertiary/aromatic N) is 3. The Hall–Kier alpha value is -2.37. The third-order valence-electron chi connectivity index (χ3n) is 5.65. The van der Waals surface area contributed by atoms with Gasteiger partial charge in [0.2, 0.25) is 5.91 Å². The number of aryl methyl sites for hydroxylation is 1. The molecule has 0 N–H and O–H groups in total. The quantitative estimate of drug-likeness (QED) is 0.688. The molecule has 5 nitrogen and oxygen atoms in total. The first-order valence-electron chi connectivity index (χ1n) is 10.4. The maximum absolute atomic E-state index is 13.2. The second kappa shape index (κ2) is 10.4. The standard InChI is InChI=1S/C24H33N3O2/c1-25(2)23(21-9-5-4-6-10-21)24(28)27-18-16-26(17-19-27)15-7-8-20-11-13-22(29-3)14-12-20/h4-6,9-14,23H,7-8,15-19H2,1-3H3. The number of carbonyl (C=O) groups excluding carboxylic acids is 1. The maximum atomic E-state index is 13.2. The molecule has 1 aliphatic rings. The molecule has 5 heteroatoms. The van der Waals surface area contributed by atoms with E-state index in [1.54, 1.807) is 7.11 Å². The minimum Gasteiger partial charge on any atom is -0.497 e. The highest BCUT2D eigenvalue weighted by molar-refractivity contribution is 5.83. The van der Waals surface area contributed by atoms with Gasteiger partial charge in [-0.2, -0.15) is 0 Å². The van der Waals surface area contributed by atoms with Crippen LogP contribution in [0.4, 0.5) is 0 Å². The molecular weight excluding hydrogens is 362 g/mol. The molecule has 2 aromatic rings. The van der Waals surface area contributed by atoms with Crippen LogP contribution in [0.3, 0.4) is 0 Å². The second-order valence-corrected chi connectivity index (χ2v) is 7.90. The maximum Gasteiger partial charge on any atom is 0.244 e. The van der Waals surface area contributed by atoms with Crippen LogP contribution in [0.1, 0.15) is 23.6 Å². The topological polar surface area (TPSA) is 36.0 Å². The minimum absolute atomic E-state index is 0.207. The summed E-state index contributed by atoms with van der Waals surface area (Å²) in [6.45, 7) is 4.58. The predicted molar refractivity (Wildman–Crippen MR) is 117 cm³/mol. The number of hydrogen-bond donors (Lipinski definition) is 0. The summed E-state index contributed by atoms with van der Waals surface area (Å²) in [5, 5.41) is 0. The Morgan fingerprint density at radius 1 is 1.00 bits per heavy atom. The Kier molecular flexibility index (Phi) is 7.67. The van der Waals surface area contributed by atoms with E-state index in [1.807, 2.05) is 66.4 Å². The van der Waals surface area contributed by atoms with Crippen LogP contribution in [-0.4, -0.2) is 74.5 Å². The Bertz CT molecular complexity index is 753. The van der Waals surface area contributed by atoms with Crippen molar-refractivity contribution in [3.63, 3.8) is 0 Å². The molecule has 156 valence electrons. The van der Waals surface area contributed by atoms with Crippen LogP contribution in [0.25, 0.3) is 0 Å². The first-order chi connectivity index (χ1) is 14.1. The van der Waals surface area contributed by atoms with Crippen molar-refractivity contribution in [1.29, 1.82) is 0 Å². The molecule has 0 aromatic heterocycles. The Labute approximate surface area is 174 Å². The van der Waals surface area contributed by atoms with Crippen molar-refractivity contribution in [1.82, 2.24) is 14.7 Å². The molecule has 1 atom stereocenters. The van der Waals surface area contributed by atoms with Crippen molar-refractivity contribution < 1.29 is 9.53 Å². The lowest BCUT2D eigenvalue weighted by atomic mass is 10.0. The lowest BCUT2D eigenvalue weighted by Crippen LogP contribution is -2.51. The van der Waals surface area contributed by atoms with Crippen molar-refractivity contribution in [2.45, 2.75) is 18.9 Å². The van der Waals surface area contributed by atoms with Crippen molar-refractivity contribution in [2.75, 3.05) is 53.9 Å². The number of piperazine rings is 1. The molecule has 1 amide bonds. The molecule has 0 bridgehead atoms. The van der Waals surface area contributed by atoms with Crippen molar-refractivity contribution in [2.24, 2.45) is 0 Å². The van der Waals surface area contributed by atoms with E-state index in [0.29, 0.717) is 0 Å². The van der Waals surface area contributed by atoms with Gasteiger partial charge in [-0.3, -0.25) is 14.6 Å². The van der Waals surface area contributed by atoms with E-state index in [1.165, 1.54) is 5.56 Å². The van der Waals surface area contributed by atoms with Gasteiger partial charge in [0.15, 0.2) is 0 Å². The minimum atomic E-state index is -0.210. The highest BCUT2D eigenvalue weighted by Crippen LogP contribution is 2.21. The van der Waals surface area contributed by atoms with Gasteiger partial charge < -0.3 is 9.64 Å². The van der Waals surface area contributed by atoms with Crippen LogP contribution >= 0.6 is 0 Å². The van der Waals surface area contributed by atoms with Crippen molar-refractivity contribution in [3.8, 4) is 5.75 Å². The number of likely N-dealkylation sites (N-methyl/N-ethyl adjacent to an activating group) is 1. The third-order valence-corrected chi connectivity index (χ3v) is 5.65. The summed E-state index contributed by atoms with van der Waals surface area (Å²) in [5.41, 5.74) is 2.40. The first kappa shape index (κ1) is 21.3. The zero-order valence-electron chi connectivity index (χ0n) is 17.9. The lowest BCUT2D eigenvalue weighted by Gasteiger charge is -2.37. The van der Waals surface area contributed by atoms with Crippen molar-refractivity contribution >= 4 is 5.91 Å². The number of amides is 1. The summed E-state index contributed by atoms with van der Waals surface area (Å²) in [7, 11) is 5.65. The summed E-state index contributed by atoms with van der Waals surface area (Å²) >= 11 is 0. The van der Waals surface area contributed by atoms with Gasteiger partial charge in [-0.25, -0.2) is 0 Å². The van der Waals surface area contributed by atoms with Crippen LogP contribution in [0.15, 0.2) is 54.6 Å². The molecule has 0 aliphatic carbocycles. The Morgan fingerprint density at radius 3 is 2.24 bits per heavy atom. The van der Waals surface area contributed by atoms with Crippen LogP contribution in [0.2, 0.25) is 0 Å². The van der Waals surface area contributed by atoms with Gasteiger partial charge in [-0.05, 0) is 56.7 Å². The van der Waals surface area contributed by atoms with Crippen molar-refractivity contribution in [3.05, 3.63) is 65.7 Å². The Morgan fingerprint density at radius 2 is 1.66 bits per heavy atom. The molecule has 0 saturated carbocycles. The van der Waals surface area contributed by atoms with Crippen LogP contribution in [-0.2, 0) is 11.2 Å². The first-order valence-corrected chi connectivity index (χ1v) is 10.4. The fraction of sp³-hybridized carbons (Fsp3) is 0.458. The van der Waals surface area contributed by atoms with Gasteiger partial charge in [0.25, 0.3) is 0 Å². The summed E-state index contributed by atoms with van der Waals surface area (Å²) in [4.78, 5) is 19.7. The molecule has 2 aromatic carbocycles. The zero-order valence-corrected chi connectivity index (χ0v) is 17.9. The van der Waals surface area contributed by atoms with Crippen LogP contribution < -0.4 is 4.74 Å². The molecule has 1 heterocycles. The average Bonchev–Trinajstić information content (AvgIpc) is 2.75. The lowest BCUT2D eigenvalue weighted by molar-refractivity contribution is -0.138. The molecule has 1 aliphatic heterocycles. The van der Waals surface area contributed by atoms with E-state index >= 15 is 0 Å². The molecule has 1 saturated heterocycles. The van der Waals surface area contributed by atoms with E-state index in [-0.39, 0.29) is 11.9 Å². The largest absolute Gasteiger partial charge is 0.497 e. The van der Waals surface area contributed by atoms with E-state index < -0.39 is 0 Å². The molecule has 0 spiro atoms. The van der Waals surface area contributed by atoms with Gasteiger partial charge in [0.05, 0.1) is 7.11 Å². The number of methoxy groups -OCH3 is 1. The number of carbonyl (C=O) groups is 1. The summed E-state index contributed by atoms with van der Waals surface area (Å²) in [5.74, 6) is 1.11. The number of hydrogen-bond acceptors (Lipinski definition) is 4. The van der Waals surface area contributed by atoms with E-state index in [0.717, 1.165) is 56.9 Å². The number of ether oxygens (including phenoxy) is 1. The van der Waals surface area contributed by atoms with Gasteiger partial charge >= 0.3 is 0 Å². The van der Waals surface area contributed by atoms with Gasteiger partial charge in [0.1, 0.15) is 11.8 Å². The second-order valence-electron chi connectivity index (χ2n) is 7.90. The fourth-order valence-electron chi connectivity index (χ4n) is 3.96. The molecule has 3 rings (SSSR count). The number of benzene rings is 2. The molecule has 1 unspecified atom stereocenters. The third kappa shape index (κ3) is 5.81. The predicted octanol–water partition coefficient (Wildman–Crippen LogP) is 3.07. The monoisotopic (exact) mass is 395 g/mol. The van der Waals surface area contributed by atoms with Gasteiger partial charge in [-0.15, -0.1) is 0 Å².